The predicted molar refractivity (Wildman–Crippen MR) is 117 cm³/mol. The van der Waals surface area contributed by atoms with Crippen LogP contribution in [0, 0.1) is 0 Å². The van der Waals surface area contributed by atoms with Crippen LogP contribution in [0.2, 0.25) is 0 Å². The highest BCUT2D eigenvalue weighted by Gasteiger charge is 2.23. The van der Waals surface area contributed by atoms with E-state index in [0.29, 0.717) is 36.1 Å². The Hall–Kier alpha value is -3.33. The number of H-pyrrole nitrogens is 1. The number of hydrogen-bond acceptors (Lipinski definition) is 7. The number of sulfone groups is 1. The average Bonchev–Trinajstić information content (AvgIpc) is 3.18. The lowest BCUT2D eigenvalue weighted by atomic mass is 10.1. The fourth-order valence-electron chi connectivity index (χ4n) is 3.21. The monoisotopic (exact) mass is 437 g/mol. The van der Waals surface area contributed by atoms with Gasteiger partial charge >= 0.3 is 0 Å². The molecule has 4 aromatic rings. The van der Waals surface area contributed by atoms with Gasteiger partial charge in [0.2, 0.25) is 0 Å². The first-order chi connectivity index (χ1) is 14.9. The van der Waals surface area contributed by atoms with Crippen molar-refractivity contribution in [1.82, 2.24) is 25.1 Å². The van der Waals surface area contributed by atoms with Gasteiger partial charge in [-0.05, 0) is 32.0 Å². The Bertz CT molecular complexity index is 1270. The van der Waals surface area contributed by atoms with Crippen molar-refractivity contribution in [2.45, 2.75) is 36.8 Å². The van der Waals surface area contributed by atoms with E-state index in [-0.39, 0.29) is 4.90 Å². The standard InChI is InChI=1S/C22H23N5O3S/c1-15(2)31(28,29)18-12-19-20(11-17-14-23-8-9-25-17)26-27-22(19)21(13-18)30-10-6-16-5-3-4-7-24-16/h3-5,7-9,12-15H,6,10-11H2,1-2H3,(H,26,27). The lowest BCUT2D eigenvalue weighted by molar-refractivity contribution is 0.323. The minimum Gasteiger partial charge on any atom is -0.491 e. The molecular formula is C22H23N5O3S. The first-order valence-corrected chi connectivity index (χ1v) is 11.5. The molecule has 1 N–H and O–H groups in total. The van der Waals surface area contributed by atoms with Crippen molar-refractivity contribution >= 4 is 20.7 Å². The molecule has 160 valence electrons. The minimum absolute atomic E-state index is 0.213. The molecule has 0 unspecified atom stereocenters. The van der Waals surface area contributed by atoms with Gasteiger partial charge in [0, 0.05) is 60.5 Å². The van der Waals surface area contributed by atoms with E-state index in [1.165, 1.54) is 0 Å². The summed E-state index contributed by atoms with van der Waals surface area (Å²) in [5.74, 6) is 0.425. The van der Waals surface area contributed by atoms with Crippen molar-refractivity contribution in [3.63, 3.8) is 0 Å². The molecule has 8 nitrogen and oxygen atoms in total. The lowest BCUT2D eigenvalue weighted by Gasteiger charge is -2.12. The predicted octanol–water partition coefficient (Wildman–Crippen LogP) is 3.14. The molecule has 0 bridgehead atoms. The van der Waals surface area contributed by atoms with E-state index in [4.69, 9.17) is 4.74 Å². The third-order valence-electron chi connectivity index (χ3n) is 4.94. The number of nitrogens with zero attached hydrogens (tertiary/aromatic N) is 4. The maximum absolute atomic E-state index is 12.9. The van der Waals surface area contributed by atoms with E-state index in [2.05, 4.69) is 25.1 Å². The number of nitrogens with one attached hydrogen (secondary N) is 1. The summed E-state index contributed by atoms with van der Waals surface area (Å²) in [6.07, 6.45) is 7.68. The first kappa shape index (κ1) is 20.9. The van der Waals surface area contributed by atoms with Crippen molar-refractivity contribution in [1.29, 1.82) is 0 Å². The van der Waals surface area contributed by atoms with Gasteiger partial charge in [-0.1, -0.05) is 6.07 Å². The van der Waals surface area contributed by atoms with E-state index < -0.39 is 15.1 Å². The van der Waals surface area contributed by atoms with Gasteiger partial charge < -0.3 is 4.74 Å². The topological polar surface area (TPSA) is 111 Å². The summed E-state index contributed by atoms with van der Waals surface area (Å²) < 4.78 is 31.8. The normalized spacial score (nSPS) is 11.8. The van der Waals surface area contributed by atoms with Gasteiger partial charge in [0.15, 0.2) is 9.84 Å². The number of rotatable bonds is 8. The lowest BCUT2D eigenvalue weighted by Crippen LogP contribution is -2.14. The van der Waals surface area contributed by atoms with E-state index >= 15 is 0 Å². The first-order valence-electron chi connectivity index (χ1n) is 9.97. The average molecular weight is 438 g/mol. The number of fused-ring (bicyclic) bond motifs is 1. The summed E-state index contributed by atoms with van der Waals surface area (Å²) >= 11 is 0. The summed E-state index contributed by atoms with van der Waals surface area (Å²) in [5.41, 5.74) is 2.99. The van der Waals surface area contributed by atoms with Gasteiger partial charge in [-0.3, -0.25) is 20.1 Å². The summed E-state index contributed by atoms with van der Waals surface area (Å²) in [4.78, 5) is 12.9. The zero-order valence-electron chi connectivity index (χ0n) is 17.3. The number of aromatic nitrogens is 5. The maximum atomic E-state index is 12.9. The Kier molecular flexibility index (Phi) is 5.94. The molecule has 0 aliphatic heterocycles. The second-order valence-corrected chi connectivity index (χ2v) is 9.91. The molecule has 0 atom stereocenters. The second-order valence-electron chi connectivity index (χ2n) is 7.41. The van der Waals surface area contributed by atoms with Crippen molar-refractivity contribution in [2.75, 3.05) is 6.61 Å². The molecule has 0 fully saturated rings. The molecular weight excluding hydrogens is 414 g/mol. The molecule has 0 saturated carbocycles. The molecule has 0 aliphatic carbocycles. The SMILES string of the molecule is CC(C)S(=O)(=O)c1cc(OCCc2ccccn2)c2n[nH]c(Cc3cnccn3)c2c1. The number of benzene rings is 1. The van der Waals surface area contributed by atoms with Crippen LogP contribution >= 0.6 is 0 Å². The van der Waals surface area contributed by atoms with Crippen LogP contribution in [0.5, 0.6) is 5.75 Å². The molecule has 1 aromatic carbocycles. The Balaban J connectivity index is 1.71. The Morgan fingerprint density at radius 1 is 1.06 bits per heavy atom. The molecule has 9 heteroatoms. The Morgan fingerprint density at radius 3 is 2.61 bits per heavy atom. The van der Waals surface area contributed by atoms with E-state index in [1.54, 1.807) is 50.8 Å². The quantitative estimate of drug-likeness (QED) is 0.451. The summed E-state index contributed by atoms with van der Waals surface area (Å²) in [5, 5.41) is 7.55. The van der Waals surface area contributed by atoms with Crippen LogP contribution in [0.4, 0.5) is 0 Å². The van der Waals surface area contributed by atoms with Crippen molar-refractivity contribution < 1.29 is 13.2 Å². The molecule has 0 aliphatic rings. The van der Waals surface area contributed by atoms with Crippen molar-refractivity contribution in [2.24, 2.45) is 0 Å². The Morgan fingerprint density at radius 2 is 1.90 bits per heavy atom. The number of hydrogen-bond donors (Lipinski definition) is 1. The molecule has 31 heavy (non-hydrogen) atoms. The third kappa shape index (κ3) is 4.56. The minimum atomic E-state index is -3.50. The fraction of sp³-hybridized carbons (Fsp3) is 0.273. The Labute approximate surface area is 180 Å². The van der Waals surface area contributed by atoms with Gasteiger partial charge in [-0.2, -0.15) is 5.10 Å². The highest BCUT2D eigenvalue weighted by atomic mass is 32.2. The largest absolute Gasteiger partial charge is 0.491 e. The van der Waals surface area contributed by atoms with Gasteiger partial charge in [-0.25, -0.2) is 8.42 Å². The highest BCUT2D eigenvalue weighted by molar-refractivity contribution is 7.92. The van der Waals surface area contributed by atoms with E-state index in [9.17, 15) is 8.42 Å². The molecule has 4 rings (SSSR count). The van der Waals surface area contributed by atoms with E-state index in [1.807, 2.05) is 18.2 Å². The smallest absolute Gasteiger partial charge is 0.180 e. The highest BCUT2D eigenvalue weighted by Crippen LogP contribution is 2.32. The summed E-state index contributed by atoms with van der Waals surface area (Å²) in [6.45, 7) is 3.68. The van der Waals surface area contributed by atoms with Gasteiger partial charge in [-0.15, -0.1) is 0 Å². The summed E-state index contributed by atoms with van der Waals surface area (Å²) in [6, 6.07) is 8.92. The number of pyridine rings is 1. The molecule has 0 amide bonds. The van der Waals surface area contributed by atoms with Crippen LogP contribution in [0.15, 0.2) is 60.0 Å². The van der Waals surface area contributed by atoms with Crippen molar-refractivity contribution in [3.8, 4) is 5.75 Å². The summed E-state index contributed by atoms with van der Waals surface area (Å²) in [7, 11) is -3.50. The molecule has 3 heterocycles. The zero-order chi connectivity index (χ0) is 21.8. The van der Waals surface area contributed by atoms with Crippen LogP contribution < -0.4 is 4.74 Å². The van der Waals surface area contributed by atoms with Gasteiger partial charge in [0.05, 0.1) is 22.4 Å². The molecule has 0 saturated heterocycles. The van der Waals surface area contributed by atoms with Crippen LogP contribution in [-0.2, 0) is 22.7 Å². The fourth-order valence-corrected chi connectivity index (χ4v) is 4.30. The zero-order valence-corrected chi connectivity index (χ0v) is 18.1. The van der Waals surface area contributed by atoms with Gasteiger partial charge in [0.25, 0.3) is 0 Å². The van der Waals surface area contributed by atoms with Crippen LogP contribution in [0.1, 0.15) is 30.9 Å². The molecule has 0 radical (unpaired) electrons. The number of ether oxygens (including phenoxy) is 1. The van der Waals surface area contributed by atoms with E-state index in [0.717, 1.165) is 17.1 Å². The molecule has 3 aromatic heterocycles. The van der Waals surface area contributed by atoms with Gasteiger partial charge in [0.1, 0.15) is 11.3 Å². The van der Waals surface area contributed by atoms with Crippen LogP contribution in [0.25, 0.3) is 10.9 Å². The number of aromatic amines is 1. The van der Waals surface area contributed by atoms with Crippen molar-refractivity contribution in [3.05, 3.63) is 72.2 Å². The van der Waals surface area contributed by atoms with Crippen LogP contribution in [-0.4, -0.2) is 45.4 Å². The maximum Gasteiger partial charge on any atom is 0.180 e. The van der Waals surface area contributed by atoms with Crippen LogP contribution in [0.3, 0.4) is 0 Å². The third-order valence-corrected chi connectivity index (χ3v) is 7.08. The molecule has 0 spiro atoms. The second kappa shape index (κ2) is 8.81.